The number of carbonyl (C=O) groups excluding carboxylic acids is 2. The van der Waals surface area contributed by atoms with E-state index in [1.165, 1.54) is 11.3 Å². The van der Waals surface area contributed by atoms with Crippen LogP contribution >= 0.6 is 11.3 Å². The van der Waals surface area contributed by atoms with Gasteiger partial charge in [0.2, 0.25) is 5.91 Å². The molecule has 3 rings (SSSR count). The summed E-state index contributed by atoms with van der Waals surface area (Å²) in [6, 6.07) is 6.06. The van der Waals surface area contributed by atoms with Crippen LogP contribution in [0.15, 0.2) is 23.6 Å². The van der Waals surface area contributed by atoms with Crippen molar-refractivity contribution in [2.75, 3.05) is 22.9 Å². The van der Waals surface area contributed by atoms with Crippen LogP contribution in [0.25, 0.3) is 0 Å². The summed E-state index contributed by atoms with van der Waals surface area (Å²) in [6.45, 7) is 9.31. The summed E-state index contributed by atoms with van der Waals surface area (Å²) in [5, 5.41) is 5.27. The summed E-state index contributed by atoms with van der Waals surface area (Å²) >= 11 is 1.40. The van der Waals surface area contributed by atoms with Gasteiger partial charge in [-0.15, -0.1) is 11.3 Å². The molecule has 0 unspecified atom stereocenters. The van der Waals surface area contributed by atoms with Crippen molar-refractivity contribution in [2.45, 2.75) is 40.2 Å². The molecule has 2 aromatic rings. The monoisotopic (exact) mass is 372 g/mol. The van der Waals surface area contributed by atoms with E-state index in [1.807, 2.05) is 50.1 Å². The highest BCUT2D eigenvalue weighted by Gasteiger charge is 2.26. The van der Waals surface area contributed by atoms with Crippen LogP contribution in [0.3, 0.4) is 0 Å². The van der Waals surface area contributed by atoms with Gasteiger partial charge in [0.15, 0.2) is 5.13 Å². The smallest absolute Gasteiger partial charge is 0.323 e. The molecule has 138 valence electrons. The van der Waals surface area contributed by atoms with Crippen LogP contribution in [-0.4, -0.2) is 36.1 Å². The summed E-state index contributed by atoms with van der Waals surface area (Å²) in [5.41, 5.74) is 3.84. The Morgan fingerprint density at radius 3 is 2.81 bits per heavy atom. The summed E-state index contributed by atoms with van der Waals surface area (Å²) in [7, 11) is 0. The molecular weight excluding hydrogens is 348 g/mol. The standard InChI is InChI=1S/C19H24N4O2S/c1-12(2)23(16-9-13(3)5-6-14(16)4)17(24)10-15-11-26-19(21-15)22-8-7-20-18(22)25/h5-6,9,11-12H,7-8,10H2,1-4H3,(H,20,25). The topological polar surface area (TPSA) is 65.5 Å². The summed E-state index contributed by atoms with van der Waals surface area (Å²) < 4.78 is 0. The number of aryl methyl sites for hydroxylation is 2. The van der Waals surface area contributed by atoms with E-state index in [0.29, 0.717) is 23.9 Å². The first kappa shape index (κ1) is 18.4. The minimum Gasteiger partial charge on any atom is -0.336 e. The van der Waals surface area contributed by atoms with Crippen molar-refractivity contribution >= 4 is 34.1 Å². The molecule has 0 spiro atoms. The molecule has 3 amide bonds. The van der Waals surface area contributed by atoms with Crippen molar-refractivity contribution in [1.82, 2.24) is 10.3 Å². The van der Waals surface area contributed by atoms with Crippen LogP contribution in [0.4, 0.5) is 15.6 Å². The number of aromatic nitrogens is 1. The van der Waals surface area contributed by atoms with E-state index >= 15 is 0 Å². The fraction of sp³-hybridized carbons (Fsp3) is 0.421. The third kappa shape index (κ3) is 3.72. The van der Waals surface area contributed by atoms with Crippen molar-refractivity contribution in [2.24, 2.45) is 0 Å². The lowest BCUT2D eigenvalue weighted by Gasteiger charge is -2.28. The lowest BCUT2D eigenvalue weighted by molar-refractivity contribution is -0.118. The van der Waals surface area contributed by atoms with E-state index < -0.39 is 0 Å². The number of amides is 3. The second-order valence-corrected chi connectivity index (χ2v) is 7.67. The number of hydrogen-bond acceptors (Lipinski definition) is 4. The largest absolute Gasteiger partial charge is 0.336 e. The first-order valence-electron chi connectivity index (χ1n) is 8.76. The Balaban J connectivity index is 1.80. The third-order valence-electron chi connectivity index (χ3n) is 4.37. The molecule has 1 N–H and O–H groups in total. The van der Waals surface area contributed by atoms with Gasteiger partial charge in [0.1, 0.15) is 0 Å². The highest BCUT2D eigenvalue weighted by molar-refractivity contribution is 7.14. The number of carbonyl (C=O) groups is 2. The number of thiazole rings is 1. The second-order valence-electron chi connectivity index (χ2n) is 6.83. The Morgan fingerprint density at radius 1 is 1.38 bits per heavy atom. The average Bonchev–Trinajstić information content (AvgIpc) is 3.19. The summed E-state index contributed by atoms with van der Waals surface area (Å²) in [4.78, 5) is 32.7. The fourth-order valence-corrected chi connectivity index (χ4v) is 3.92. The molecule has 26 heavy (non-hydrogen) atoms. The van der Waals surface area contributed by atoms with Gasteiger partial charge in [-0.05, 0) is 44.9 Å². The molecule has 1 saturated heterocycles. The number of anilines is 2. The van der Waals surface area contributed by atoms with Crippen LogP contribution in [0.2, 0.25) is 0 Å². The lowest BCUT2D eigenvalue weighted by Crippen LogP contribution is -2.38. The van der Waals surface area contributed by atoms with Crippen LogP contribution in [-0.2, 0) is 11.2 Å². The predicted octanol–water partition coefficient (Wildman–Crippen LogP) is 3.27. The maximum atomic E-state index is 13.0. The Morgan fingerprint density at radius 2 is 2.15 bits per heavy atom. The van der Waals surface area contributed by atoms with Gasteiger partial charge in [0.05, 0.1) is 12.1 Å². The Kier molecular flexibility index (Phi) is 5.27. The van der Waals surface area contributed by atoms with Crippen molar-refractivity contribution in [1.29, 1.82) is 0 Å². The van der Waals surface area contributed by atoms with Gasteiger partial charge < -0.3 is 10.2 Å². The molecular formula is C19H24N4O2S. The van der Waals surface area contributed by atoms with Gasteiger partial charge in [-0.2, -0.15) is 0 Å². The highest BCUT2D eigenvalue weighted by Crippen LogP contribution is 2.26. The van der Waals surface area contributed by atoms with Crippen LogP contribution in [0.5, 0.6) is 0 Å². The maximum absolute atomic E-state index is 13.0. The lowest BCUT2D eigenvalue weighted by atomic mass is 10.1. The fourth-order valence-electron chi connectivity index (χ4n) is 3.08. The Labute approximate surface area is 157 Å². The molecule has 1 fully saturated rings. The zero-order valence-electron chi connectivity index (χ0n) is 15.6. The van der Waals surface area contributed by atoms with Crippen LogP contribution in [0, 0.1) is 13.8 Å². The first-order valence-corrected chi connectivity index (χ1v) is 9.64. The summed E-state index contributed by atoms with van der Waals surface area (Å²) in [6.07, 6.45) is 0.220. The van der Waals surface area contributed by atoms with Crippen molar-refractivity contribution in [3.63, 3.8) is 0 Å². The molecule has 1 aliphatic heterocycles. The van der Waals surface area contributed by atoms with Gasteiger partial charge in [-0.3, -0.25) is 9.69 Å². The SMILES string of the molecule is Cc1ccc(C)c(N(C(=O)Cc2csc(N3CCNC3=O)n2)C(C)C)c1. The number of hydrogen-bond donors (Lipinski definition) is 1. The quantitative estimate of drug-likeness (QED) is 0.876. The number of benzene rings is 1. The average molecular weight is 372 g/mol. The van der Waals surface area contributed by atoms with Crippen molar-refractivity contribution in [3.8, 4) is 0 Å². The first-order chi connectivity index (χ1) is 12.4. The molecule has 0 atom stereocenters. The molecule has 1 aliphatic rings. The molecule has 0 bridgehead atoms. The minimum atomic E-state index is -0.128. The second kappa shape index (κ2) is 7.45. The molecule has 1 aromatic carbocycles. The Hall–Kier alpha value is -2.41. The van der Waals surface area contributed by atoms with E-state index in [9.17, 15) is 9.59 Å². The molecule has 6 nitrogen and oxygen atoms in total. The normalized spacial score (nSPS) is 14.0. The van der Waals surface area contributed by atoms with E-state index in [-0.39, 0.29) is 24.4 Å². The highest BCUT2D eigenvalue weighted by atomic mass is 32.1. The number of urea groups is 1. The minimum absolute atomic E-state index is 0.0106. The molecule has 1 aromatic heterocycles. The maximum Gasteiger partial charge on any atom is 0.323 e. The van der Waals surface area contributed by atoms with E-state index in [0.717, 1.165) is 16.8 Å². The predicted molar refractivity (Wildman–Crippen MR) is 105 cm³/mol. The van der Waals surface area contributed by atoms with Gasteiger partial charge in [-0.1, -0.05) is 12.1 Å². The number of nitrogens with one attached hydrogen (secondary N) is 1. The van der Waals surface area contributed by atoms with Gasteiger partial charge in [0.25, 0.3) is 0 Å². The van der Waals surface area contributed by atoms with Gasteiger partial charge in [-0.25, -0.2) is 9.78 Å². The molecule has 0 saturated carbocycles. The van der Waals surface area contributed by atoms with Crippen LogP contribution < -0.4 is 15.1 Å². The van der Waals surface area contributed by atoms with Gasteiger partial charge in [0, 0.05) is 30.2 Å². The van der Waals surface area contributed by atoms with Crippen LogP contribution in [0.1, 0.15) is 30.7 Å². The van der Waals surface area contributed by atoms with E-state index in [2.05, 4.69) is 16.4 Å². The van der Waals surface area contributed by atoms with Crippen molar-refractivity contribution in [3.05, 3.63) is 40.4 Å². The number of nitrogens with zero attached hydrogens (tertiary/aromatic N) is 3. The molecule has 0 radical (unpaired) electrons. The zero-order chi connectivity index (χ0) is 18.8. The summed E-state index contributed by atoms with van der Waals surface area (Å²) in [5.74, 6) is 0.0106. The van der Waals surface area contributed by atoms with Crippen molar-refractivity contribution < 1.29 is 9.59 Å². The Bertz CT molecular complexity index is 831. The third-order valence-corrected chi connectivity index (χ3v) is 5.28. The molecule has 7 heteroatoms. The number of rotatable bonds is 5. The zero-order valence-corrected chi connectivity index (χ0v) is 16.4. The molecule has 0 aliphatic carbocycles. The van der Waals surface area contributed by atoms with E-state index in [1.54, 1.807) is 4.90 Å². The van der Waals surface area contributed by atoms with Gasteiger partial charge >= 0.3 is 6.03 Å². The van der Waals surface area contributed by atoms with E-state index in [4.69, 9.17) is 0 Å². The molecule has 2 heterocycles.